The zero-order valence-electron chi connectivity index (χ0n) is 11.8. The highest BCUT2D eigenvalue weighted by Gasteiger charge is 2.27. The Balaban J connectivity index is 1.96. The number of carboxylic acid groups (broad SMARTS) is 1. The van der Waals surface area contributed by atoms with Gasteiger partial charge in [0.25, 0.3) is 0 Å². The van der Waals surface area contributed by atoms with Crippen molar-refractivity contribution >= 4 is 16.0 Å². The van der Waals surface area contributed by atoms with E-state index in [1.165, 1.54) is 12.5 Å². The van der Waals surface area contributed by atoms with E-state index in [-0.39, 0.29) is 18.1 Å². The predicted octanol–water partition coefficient (Wildman–Crippen LogP) is 0.905. The lowest BCUT2D eigenvalue weighted by Gasteiger charge is -2.22. The Morgan fingerprint density at radius 2 is 2.14 bits per heavy atom. The van der Waals surface area contributed by atoms with Crippen LogP contribution >= 0.6 is 0 Å². The van der Waals surface area contributed by atoms with Crippen LogP contribution in [0.15, 0.2) is 12.5 Å². The molecule has 0 amide bonds. The number of rotatable bonds is 7. The Hall–Kier alpha value is -1.41. The number of aromatic amines is 1. The fourth-order valence-electron chi connectivity index (χ4n) is 2.72. The number of aliphatic carboxylic acids is 1. The SMILES string of the molecule is O=C(O)C(Cc1cnc[nH]1)NS(=O)(=O)CC1CCCCC1. The molecule has 3 N–H and O–H groups in total. The van der Waals surface area contributed by atoms with Gasteiger partial charge in [-0.05, 0) is 18.8 Å². The molecule has 0 radical (unpaired) electrons. The molecule has 2 rings (SSSR count). The van der Waals surface area contributed by atoms with Gasteiger partial charge in [-0.25, -0.2) is 18.1 Å². The summed E-state index contributed by atoms with van der Waals surface area (Å²) < 4.78 is 26.6. The second kappa shape index (κ2) is 7.04. The largest absolute Gasteiger partial charge is 0.480 e. The maximum Gasteiger partial charge on any atom is 0.322 e. The smallest absolute Gasteiger partial charge is 0.322 e. The third kappa shape index (κ3) is 5.13. The Kier molecular flexibility index (Phi) is 5.35. The van der Waals surface area contributed by atoms with E-state index in [1.54, 1.807) is 0 Å². The maximum atomic E-state index is 12.1. The highest BCUT2D eigenvalue weighted by Crippen LogP contribution is 2.24. The number of carboxylic acids is 1. The summed E-state index contributed by atoms with van der Waals surface area (Å²) in [5.41, 5.74) is 0.586. The molecule has 0 bridgehead atoms. The van der Waals surface area contributed by atoms with Crippen LogP contribution in [-0.4, -0.2) is 41.3 Å². The monoisotopic (exact) mass is 315 g/mol. The predicted molar refractivity (Wildman–Crippen MR) is 77.2 cm³/mol. The molecule has 0 spiro atoms. The van der Waals surface area contributed by atoms with Gasteiger partial charge in [0.2, 0.25) is 10.0 Å². The van der Waals surface area contributed by atoms with Crippen LogP contribution in [0.25, 0.3) is 0 Å². The van der Waals surface area contributed by atoms with Crippen molar-refractivity contribution < 1.29 is 18.3 Å². The lowest BCUT2D eigenvalue weighted by atomic mass is 9.91. The van der Waals surface area contributed by atoms with Crippen LogP contribution in [0, 0.1) is 5.92 Å². The molecule has 7 nitrogen and oxygen atoms in total. The standard InChI is InChI=1S/C13H21N3O4S/c17-13(18)12(6-11-7-14-9-15-11)16-21(19,20)8-10-4-2-1-3-5-10/h7,9-10,12,16H,1-6,8H2,(H,14,15)(H,17,18). The lowest BCUT2D eigenvalue weighted by Crippen LogP contribution is -2.44. The third-order valence-corrected chi connectivity index (χ3v) is 5.33. The van der Waals surface area contributed by atoms with Crippen LogP contribution in [0.4, 0.5) is 0 Å². The maximum absolute atomic E-state index is 12.1. The summed E-state index contributed by atoms with van der Waals surface area (Å²) in [5, 5.41) is 9.18. The Morgan fingerprint density at radius 1 is 1.43 bits per heavy atom. The van der Waals surface area contributed by atoms with Gasteiger partial charge in [-0.2, -0.15) is 0 Å². The molecule has 0 aliphatic heterocycles. The first-order chi connectivity index (χ1) is 9.96. The molecule has 1 aliphatic carbocycles. The average molecular weight is 315 g/mol. The number of aromatic nitrogens is 2. The Morgan fingerprint density at radius 3 is 2.71 bits per heavy atom. The van der Waals surface area contributed by atoms with E-state index in [2.05, 4.69) is 14.7 Å². The second-order valence-electron chi connectivity index (χ2n) is 5.58. The van der Waals surface area contributed by atoms with E-state index < -0.39 is 22.0 Å². The molecule has 1 atom stereocenters. The Bertz CT molecular complexity index is 550. The highest BCUT2D eigenvalue weighted by atomic mass is 32.2. The van der Waals surface area contributed by atoms with Crippen molar-refractivity contribution in [2.24, 2.45) is 5.92 Å². The van der Waals surface area contributed by atoms with Crippen LogP contribution in [0.3, 0.4) is 0 Å². The van der Waals surface area contributed by atoms with Gasteiger partial charge >= 0.3 is 5.97 Å². The van der Waals surface area contributed by atoms with Gasteiger partial charge in [-0.15, -0.1) is 0 Å². The fraction of sp³-hybridized carbons (Fsp3) is 0.692. The summed E-state index contributed by atoms with van der Waals surface area (Å²) in [6.45, 7) is 0. The molecule has 1 heterocycles. The van der Waals surface area contributed by atoms with Crippen LogP contribution in [-0.2, 0) is 21.2 Å². The number of nitrogens with zero attached hydrogens (tertiary/aromatic N) is 1. The first kappa shape index (κ1) is 16.0. The summed E-state index contributed by atoms with van der Waals surface area (Å²) in [7, 11) is -3.59. The van der Waals surface area contributed by atoms with E-state index in [1.807, 2.05) is 0 Å². The molecule has 1 fully saturated rings. The van der Waals surface area contributed by atoms with E-state index >= 15 is 0 Å². The number of nitrogens with one attached hydrogen (secondary N) is 2. The topological polar surface area (TPSA) is 112 Å². The van der Waals surface area contributed by atoms with Crippen molar-refractivity contribution in [3.63, 3.8) is 0 Å². The average Bonchev–Trinajstić information content (AvgIpc) is 2.91. The molecule has 1 unspecified atom stereocenters. The van der Waals surface area contributed by atoms with Crippen molar-refractivity contribution in [3.05, 3.63) is 18.2 Å². The van der Waals surface area contributed by atoms with Crippen molar-refractivity contribution in [3.8, 4) is 0 Å². The number of imidazole rings is 1. The third-order valence-electron chi connectivity index (χ3n) is 3.78. The van der Waals surface area contributed by atoms with Gasteiger partial charge in [-0.1, -0.05) is 19.3 Å². The van der Waals surface area contributed by atoms with Crippen molar-refractivity contribution in [2.75, 3.05) is 5.75 Å². The minimum absolute atomic E-state index is 0.0136. The molecule has 0 saturated heterocycles. The minimum atomic E-state index is -3.59. The minimum Gasteiger partial charge on any atom is -0.480 e. The summed E-state index contributed by atoms with van der Waals surface area (Å²) in [6.07, 6.45) is 8.04. The number of sulfonamides is 1. The van der Waals surface area contributed by atoms with Crippen LogP contribution in [0.5, 0.6) is 0 Å². The van der Waals surface area contributed by atoms with Crippen molar-refractivity contribution in [2.45, 2.75) is 44.6 Å². The van der Waals surface area contributed by atoms with E-state index in [9.17, 15) is 18.3 Å². The first-order valence-corrected chi connectivity index (χ1v) is 8.81. The second-order valence-corrected chi connectivity index (χ2v) is 7.37. The molecule has 0 aromatic carbocycles. The molecular formula is C13H21N3O4S. The summed E-state index contributed by atoms with van der Waals surface area (Å²) >= 11 is 0. The van der Waals surface area contributed by atoms with E-state index in [0.717, 1.165) is 32.1 Å². The van der Waals surface area contributed by atoms with Crippen LogP contribution in [0.2, 0.25) is 0 Å². The summed E-state index contributed by atoms with van der Waals surface area (Å²) in [4.78, 5) is 17.8. The molecule has 118 valence electrons. The zero-order chi connectivity index (χ0) is 15.3. The van der Waals surface area contributed by atoms with E-state index in [0.29, 0.717) is 5.69 Å². The van der Waals surface area contributed by atoms with Crippen molar-refractivity contribution in [1.29, 1.82) is 0 Å². The molecule has 21 heavy (non-hydrogen) atoms. The molecule has 1 aromatic heterocycles. The number of H-pyrrole nitrogens is 1. The first-order valence-electron chi connectivity index (χ1n) is 7.16. The molecule has 8 heteroatoms. The molecule has 1 saturated carbocycles. The molecule has 1 aromatic rings. The van der Waals surface area contributed by atoms with Gasteiger partial charge in [0.05, 0.1) is 12.1 Å². The van der Waals surface area contributed by atoms with Gasteiger partial charge < -0.3 is 10.1 Å². The van der Waals surface area contributed by atoms with Gasteiger partial charge in [0.15, 0.2) is 0 Å². The van der Waals surface area contributed by atoms with Gasteiger partial charge in [0, 0.05) is 18.3 Å². The number of hydrogen-bond acceptors (Lipinski definition) is 4. The molecular weight excluding hydrogens is 294 g/mol. The molecule has 1 aliphatic rings. The number of hydrogen-bond donors (Lipinski definition) is 3. The van der Waals surface area contributed by atoms with Crippen LogP contribution in [0.1, 0.15) is 37.8 Å². The van der Waals surface area contributed by atoms with Crippen molar-refractivity contribution in [1.82, 2.24) is 14.7 Å². The van der Waals surface area contributed by atoms with Gasteiger partial charge in [-0.3, -0.25) is 4.79 Å². The lowest BCUT2D eigenvalue weighted by molar-refractivity contribution is -0.138. The fourth-order valence-corrected chi connectivity index (χ4v) is 4.39. The summed E-state index contributed by atoms with van der Waals surface area (Å²) in [5.74, 6) is -1.03. The quantitative estimate of drug-likeness (QED) is 0.692. The highest BCUT2D eigenvalue weighted by molar-refractivity contribution is 7.89. The summed E-state index contributed by atoms with van der Waals surface area (Å²) in [6, 6.07) is -1.17. The number of carbonyl (C=O) groups is 1. The zero-order valence-corrected chi connectivity index (χ0v) is 12.6. The Labute approximate surface area is 124 Å². The van der Waals surface area contributed by atoms with E-state index in [4.69, 9.17) is 0 Å². The van der Waals surface area contributed by atoms with Gasteiger partial charge in [0.1, 0.15) is 6.04 Å². The normalized spacial score (nSPS) is 18.5. The van der Waals surface area contributed by atoms with Crippen LogP contribution < -0.4 is 4.72 Å².